The molecule has 0 aliphatic carbocycles. The molecule has 0 atom stereocenters. The van der Waals surface area contributed by atoms with E-state index in [1.54, 1.807) is 0 Å². The van der Waals surface area contributed by atoms with Crippen LogP contribution in [0.3, 0.4) is 0 Å². The molecule has 0 unspecified atom stereocenters. The standard InChI is InChI=1S/C32H38N4O.CH4O3S/c1-6-37-21-7-8-24-9-11-27(12-10-24)32-35-30(25-13-17-28(18-14-25)33-22(2)3)31(36-32)26-15-19-29(20-16-26)34-23(4)5;1-5(2,3)4/h7-20,22-23,33-34H,6,21H2,1-5H3,(H,35,36);1H3,(H,2,3,4). The second-order valence-electron chi connectivity index (χ2n) is 10.5. The van der Waals surface area contributed by atoms with Crippen LogP contribution in [0.4, 0.5) is 11.4 Å². The number of benzene rings is 3. The van der Waals surface area contributed by atoms with Crippen molar-refractivity contribution >= 4 is 27.6 Å². The van der Waals surface area contributed by atoms with E-state index in [-0.39, 0.29) is 0 Å². The van der Waals surface area contributed by atoms with Crippen LogP contribution in [0.1, 0.15) is 40.2 Å². The second-order valence-corrected chi connectivity index (χ2v) is 11.9. The van der Waals surface area contributed by atoms with Crippen molar-refractivity contribution < 1.29 is 17.7 Å². The topological polar surface area (TPSA) is 116 Å². The molecule has 9 heteroatoms. The first-order valence-electron chi connectivity index (χ1n) is 14.0. The summed E-state index contributed by atoms with van der Waals surface area (Å²) in [6, 6.07) is 26.2. The molecule has 4 N–H and O–H groups in total. The third-order valence-corrected chi connectivity index (χ3v) is 5.86. The highest BCUT2D eigenvalue weighted by Crippen LogP contribution is 2.34. The van der Waals surface area contributed by atoms with E-state index in [1.807, 2.05) is 13.0 Å². The largest absolute Gasteiger partial charge is 0.383 e. The van der Waals surface area contributed by atoms with E-state index in [9.17, 15) is 8.42 Å². The van der Waals surface area contributed by atoms with Crippen molar-refractivity contribution in [3.05, 3.63) is 84.4 Å². The van der Waals surface area contributed by atoms with Gasteiger partial charge in [-0.25, -0.2) is 4.98 Å². The fourth-order valence-electron chi connectivity index (χ4n) is 4.17. The Morgan fingerprint density at radius 1 is 0.833 bits per heavy atom. The van der Waals surface area contributed by atoms with Crippen LogP contribution in [0.5, 0.6) is 0 Å². The highest BCUT2D eigenvalue weighted by molar-refractivity contribution is 7.85. The lowest BCUT2D eigenvalue weighted by Crippen LogP contribution is -2.09. The van der Waals surface area contributed by atoms with Gasteiger partial charge in [0.25, 0.3) is 10.1 Å². The summed E-state index contributed by atoms with van der Waals surface area (Å²) in [4.78, 5) is 8.69. The minimum atomic E-state index is -3.67. The molecule has 0 saturated carbocycles. The van der Waals surface area contributed by atoms with Gasteiger partial charge in [-0.05, 0) is 64.4 Å². The maximum atomic E-state index is 9.19. The van der Waals surface area contributed by atoms with Crippen LogP contribution in [0.2, 0.25) is 0 Å². The van der Waals surface area contributed by atoms with Crippen molar-refractivity contribution in [1.82, 2.24) is 9.97 Å². The van der Waals surface area contributed by atoms with Crippen LogP contribution in [0.15, 0.2) is 78.9 Å². The quantitative estimate of drug-likeness (QED) is 0.105. The molecule has 0 aliphatic rings. The van der Waals surface area contributed by atoms with Crippen molar-refractivity contribution in [3.8, 4) is 33.9 Å². The van der Waals surface area contributed by atoms with Gasteiger partial charge in [0, 0.05) is 46.8 Å². The van der Waals surface area contributed by atoms with Crippen LogP contribution >= 0.6 is 0 Å². The van der Waals surface area contributed by atoms with Crippen LogP contribution in [0, 0.1) is 0 Å². The van der Waals surface area contributed by atoms with E-state index in [0.717, 1.165) is 57.4 Å². The maximum Gasteiger partial charge on any atom is 0.261 e. The monoisotopic (exact) mass is 590 g/mol. The van der Waals surface area contributed by atoms with Gasteiger partial charge in [0.05, 0.1) is 24.3 Å². The Balaban J connectivity index is 0.000000892. The van der Waals surface area contributed by atoms with E-state index in [1.165, 1.54) is 0 Å². The molecule has 4 aromatic rings. The summed E-state index contributed by atoms with van der Waals surface area (Å²) >= 11 is 0. The predicted molar refractivity (Wildman–Crippen MR) is 175 cm³/mol. The van der Waals surface area contributed by atoms with Crippen LogP contribution < -0.4 is 10.6 Å². The van der Waals surface area contributed by atoms with Gasteiger partial charge < -0.3 is 20.4 Å². The van der Waals surface area contributed by atoms with E-state index >= 15 is 0 Å². The Labute approximate surface area is 250 Å². The van der Waals surface area contributed by atoms with Crippen molar-refractivity contribution in [2.75, 3.05) is 30.1 Å². The van der Waals surface area contributed by atoms with Gasteiger partial charge in [-0.15, -0.1) is 0 Å². The van der Waals surface area contributed by atoms with Gasteiger partial charge in [0.1, 0.15) is 5.82 Å². The normalized spacial score (nSPS) is 11.5. The molecule has 1 heterocycles. The molecule has 0 bridgehead atoms. The zero-order valence-corrected chi connectivity index (χ0v) is 26.0. The van der Waals surface area contributed by atoms with Crippen LogP contribution in [-0.4, -0.2) is 54.5 Å². The molecule has 42 heavy (non-hydrogen) atoms. The van der Waals surface area contributed by atoms with E-state index in [4.69, 9.17) is 14.3 Å². The second kappa shape index (κ2) is 15.3. The number of ether oxygens (including phenoxy) is 1. The number of H-pyrrole nitrogens is 1. The molecular formula is C33H42N4O4S. The van der Waals surface area contributed by atoms with Gasteiger partial charge >= 0.3 is 0 Å². The summed E-state index contributed by atoms with van der Waals surface area (Å²) in [6.07, 6.45) is 4.84. The number of aromatic amines is 1. The Bertz CT molecular complexity index is 1450. The predicted octanol–water partition coefficient (Wildman–Crippen LogP) is 7.61. The molecule has 8 nitrogen and oxygen atoms in total. The highest BCUT2D eigenvalue weighted by atomic mass is 32.2. The zero-order valence-electron chi connectivity index (χ0n) is 25.2. The maximum absolute atomic E-state index is 9.19. The molecule has 224 valence electrons. The Kier molecular flexibility index (Phi) is 11.9. The molecular weight excluding hydrogens is 548 g/mol. The average Bonchev–Trinajstić information content (AvgIpc) is 3.36. The molecule has 3 aromatic carbocycles. The van der Waals surface area contributed by atoms with Crippen molar-refractivity contribution in [2.24, 2.45) is 0 Å². The average molecular weight is 591 g/mol. The number of hydrogen-bond acceptors (Lipinski definition) is 6. The first kappa shape index (κ1) is 32.6. The summed E-state index contributed by atoms with van der Waals surface area (Å²) in [5.74, 6) is 0.851. The number of rotatable bonds is 11. The lowest BCUT2D eigenvalue weighted by Gasteiger charge is -2.11. The molecule has 0 spiro atoms. The zero-order chi connectivity index (χ0) is 30.7. The summed E-state index contributed by atoms with van der Waals surface area (Å²) in [6.45, 7) is 11.9. The van der Waals surface area contributed by atoms with Crippen molar-refractivity contribution in [3.63, 3.8) is 0 Å². The summed E-state index contributed by atoms with van der Waals surface area (Å²) in [5.41, 5.74) is 8.52. The lowest BCUT2D eigenvalue weighted by atomic mass is 10.0. The SMILES string of the molecule is CCOCC=Cc1ccc(-c2nc(-c3ccc(NC(C)C)cc3)c(-c3ccc(NC(C)C)cc3)[nH]2)cc1.CS(=O)(=O)O. The smallest absolute Gasteiger partial charge is 0.261 e. The fourth-order valence-corrected chi connectivity index (χ4v) is 4.17. The third-order valence-electron chi connectivity index (χ3n) is 5.86. The lowest BCUT2D eigenvalue weighted by molar-refractivity contribution is 0.178. The van der Waals surface area contributed by atoms with Crippen molar-refractivity contribution in [2.45, 2.75) is 46.7 Å². The minimum absolute atomic E-state index is 0.383. The summed E-state index contributed by atoms with van der Waals surface area (Å²) in [7, 11) is -3.67. The van der Waals surface area contributed by atoms with E-state index < -0.39 is 10.1 Å². The molecule has 0 amide bonds. The van der Waals surface area contributed by atoms with Crippen LogP contribution in [0.25, 0.3) is 40.0 Å². The van der Waals surface area contributed by atoms with E-state index in [0.29, 0.717) is 24.9 Å². The number of aromatic nitrogens is 2. The number of nitrogens with one attached hydrogen (secondary N) is 3. The third kappa shape index (κ3) is 10.8. The van der Waals surface area contributed by atoms with E-state index in [2.05, 4.69) is 122 Å². The minimum Gasteiger partial charge on any atom is -0.383 e. The van der Waals surface area contributed by atoms with Crippen molar-refractivity contribution in [1.29, 1.82) is 0 Å². The highest BCUT2D eigenvalue weighted by Gasteiger charge is 2.16. The molecule has 0 aliphatic heterocycles. The first-order chi connectivity index (χ1) is 19.9. The fraction of sp³-hybridized carbons (Fsp3) is 0.303. The number of hydrogen-bond donors (Lipinski definition) is 4. The Morgan fingerprint density at radius 2 is 1.31 bits per heavy atom. The van der Waals surface area contributed by atoms with Gasteiger partial charge in [0.15, 0.2) is 0 Å². The van der Waals surface area contributed by atoms with Crippen LogP contribution in [-0.2, 0) is 14.9 Å². The number of imidazole rings is 1. The molecule has 0 fully saturated rings. The molecule has 0 saturated heterocycles. The molecule has 4 rings (SSSR count). The van der Waals surface area contributed by atoms with Gasteiger partial charge in [-0.3, -0.25) is 4.55 Å². The number of nitrogens with zero attached hydrogens (tertiary/aromatic N) is 1. The Morgan fingerprint density at radius 3 is 1.79 bits per heavy atom. The van der Waals surface area contributed by atoms with Gasteiger partial charge in [-0.1, -0.05) is 60.7 Å². The first-order valence-corrected chi connectivity index (χ1v) is 15.9. The molecule has 1 aromatic heterocycles. The Hall–Kier alpha value is -3.92. The molecule has 0 radical (unpaired) electrons. The summed E-state index contributed by atoms with van der Waals surface area (Å²) in [5, 5.41) is 6.92. The summed E-state index contributed by atoms with van der Waals surface area (Å²) < 4.78 is 31.3. The van der Waals surface area contributed by atoms with Gasteiger partial charge in [0.2, 0.25) is 0 Å². The van der Waals surface area contributed by atoms with Gasteiger partial charge in [-0.2, -0.15) is 8.42 Å². The number of anilines is 2.